The maximum absolute atomic E-state index is 14.6. The van der Waals surface area contributed by atoms with Gasteiger partial charge in [-0.05, 0) is 49.9 Å². The van der Waals surface area contributed by atoms with Crippen molar-refractivity contribution < 1.29 is 54.2 Å². The molecule has 0 bridgehead atoms. The fourth-order valence-electron chi connectivity index (χ4n) is 4.08. The number of nitrogens with one attached hydrogen (secondary N) is 1. The molecule has 0 spiro atoms. The van der Waals surface area contributed by atoms with Gasteiger partial charge in [-0.2, -0.15) is 8.78 Å². The number of sulfone groups is 1. The van der Waals surface area contributed by atoms with Crippen LogP contribution in [0.2, 0.25) is 0 Å². The van der Waals surface area contributed by atoms with Crippen molar-refractivity contribution in [2.45, 2.75) is 38.5 Å². The number of alkyl halides is 2. The summed E-state index contributed by atoms with van der Waals surface area (Å²) in [5, 5.41) is 2.36. The quantitative estimate of drug-likeness (QED) is 0.256. The van der Waals surface area contributed by atoms with E-state index in [4.69, 9.17) is 19.6 Å². The summed E-state index contributed by atoms with van der Waals surface area (Å²) in [4.78, 5) is 29.1. The lowest BCUT2D eigenvalue weighted by molar-refractivity contribution is -0.0515. The van der Waals surface area contributed by atoms with Crippen LogP contribution in [0.15, 0.2) is 40.8 Å². The lowest BCUT2D eigenvalue weighted by Gasteiger charge is -2.19. The molecular formula is C27H27F4N3O8S. The second-order valence-electron chi connectivity index (χ2n) is 9.89. The van der Waals surface area contributed by atoms with E-state index in [-0.39, 0.29) is 46.8 Å². The number of benzene rings is 2. The van der Waals surface area contributed by atoms with Crippen LogP contribution in [0.1, 0.15) is 53.7 Å². The topological polar surface area (TPSA) is 160 Å². The second-order valence-corrected chi connectivity index (χ2v) is 12.1. The maximum Gasteiger partial charge on any atom is 0.405 e. The van der Waals surface area contributed by atoms with Gasteiger partial charge in [-0.1, -0.05) is 6.07 Å². The predicted octanol–water partition coefficient (Wildman–Crippen LogP) is 4.68. The number of primary amides is 1. The third-order valence-corrected chi connectivity index (χ3v) is 7.16. The van der Waals surface area contributed by atoms with Crippen molar-refractivity contribution in [3.05, 3.63) is 65.1 Å². The highest BCUT2D eigenvalue weighted by molar-refractivity contribution is 7.90. The molecule has 1 aromatic heterocycles. The smallest absolute Gasteiger partial charge is 0.405 e. The Labute approximate surface area is 243 Å². The molecule has 232 valence electrons. The molecule has 2 amide bonds. The number of rotatable bonds is 13. The van der Waals surface area contributed by atoms with Gasteiger partial charge < -0.3 is 29.7 Å². The van der Waals surface area contributed by atoms with Crippen LogP contribution in [0, 0.1) is 17.6 Å². The molecule has 2 aromatic carbocycles. The predicted molar refractivity (Wildman–Crippen MR) is 142 cm³/mol. The highest BCUT2D eigenvalue weighted by Gasteiger charge is 2.31. The van der Waals surface area contributed by atoms with Crippen molar-refractivity contribution in [3.8, 4) is 23.0 Å². The molecule has 1 heterocycles. The van der Waals surface area contributed by atoms with E-state index in [9.17, 15) is 35.6 Å². The number of oxazole rings is 1. The second kappa shape index (κ2) is 12.9. The molecule has 2 atom stereocenters. The molecule has 0 aliphatic heterocycles. The highest BCUT2D eigenvalue weighted by Crippen LogP contribution is 2.37. The van der Waals surface area contributed by atoms with Crippen LogP contribution in [-0.4, -0.2) is 50.6 Å². The zero-order valence-electron chi connectivity index (χ0n) is 22.8. The van der Waals surface area contributed by atoms with E-state index >= 15 is 0 Å². The largest absolute Gasteiger partial charge is 0.489 e. The Morgan fingerprint density at radius 2 is 1.86 bits per heavy atom. The van der Waals surface area contributed by atoms with Crippen LogP contribution in [0.4, 0.5) is 22.4 Å². The zero-order chi connectivity index (χ0) is 31.5. The molecular weight excluding hydrogens is 602 g/mol. The van der Waals surface area contributed by atoms with E-state index < -0.39 is 63.7 Å². The summed E-state index contributed by atoms with van der Waals surface area (Å²) in [5.74, 6) is -4.44. The number of nitrogens with two attached hydrogens (primary N) is 1. The molecule has 1 saturated carbocycles. The number of amides is 2. The molecule has 1 aliphatic carbocycles. The molecule has 0 saturated heterocycles. The molecule has 3 N–H and O–H groups in total. The fourth-order valence-corrected chi connectivity index (χ4v) is 4.95. The third-order valence-electron chi connectivity index (χ3n) is 6.22. The van der Waals surface area contributed by atoms with Gasteiger partial charge in [0.05, 0.1) is 18.4 Å². The summed E-state index contributed by atoms with van der Waals surface area (Å²) in [6.07, 6.45) is 0.199. The van der Waals surface area contributed by atoms with E-state index in [0.717, 1.165) is 31.2 Å². The number of carbonyl (C=O) groups is 2. The lowest BCUT2D eigenvalue weighted by Crippen LogP contribution is -2.34. The van der Waals surface area contributed by atoms with E-state index in [0.29, 0.717) is 6.07 Å². The first kappa shape index (κ1) is 31.6. The van der Waals surface area contributed by atoms with Gasteiger partial charge in [-0.25, -0.2) is 27.0 Å². The summed E-state index contributed by atoms with van der Waals surface area (Å²) < 4.78 is 99.1. The van der Waals surface area contributed by atoms with Crippen molar-refractivity contribution in [2.75, 3.05) is 18.6 Å². The van der Waals surface area contributed by atoms with Crippen LogP contribution in [0.3, 0.4) is 0 Å². The number of nitrogens with zero attached hydrogens (tertiary/aromatic N) is 1. The number of halogens is 4. The summed E-state index contributed by atoms with van der Waals surface area (Å²) in [5.41, 5.74) is 4.46. The van der Waals surface area contributed by atoms with Crippen LogP contribution < -0.4 is 20.5 Å². The van der Waals surface area contributed by atoms with Crippen LogP contribution in [-0.2, 0) is 14.6 Å². The molecule has 1 aliphatic rings. The summed E-state index contributed by atoms with van der Waals surface area (Å²) in [6, 6.07) is 4.72. The summed E-state index contributed by atoms with van der Waals surface area (Å²) in [7, 11) is -3.82. The van der Waals surface area contributed by atoms with Gasteiger partial charge in [0.15, 0.2) is 29.1 Å². The molecule has 1 fully saturated rings. The van der Waals surface area contributed by atoms with Crippen molar-refractivity contribution in [3.63, 3.8) is 0 Å². The first-order chi connectivity index (χ1) is 20.2. The maximum atomic E-state index is 14.6. The third kappa shape index (κ3) is 8.59. The minimum atomic E-state index is -3.82. The van der Waals surface area contributed by atoms with Crippen molar-refractivity contribution in [2.24, 2.45) is 11.7 Å². The Hall–Kier alpha value is -4.34. The van der Waals surface area contributed by atoms with Crippen LogP contribution in [0.25, 0.3) is 11.5 Å². The zero-order valence-corrected chi connectivity index (χ0v) is 23.6. The van der Waals surface area contributed by atoms with Crippen molar-refractivity contribution >= 4 is 21.8 Å². The Morgan fingerprint density at radius 1 is 1.14 bits per heavy atom. The molecule has 11 nitrogen and oxygen atoms in total. The molecule has 3 aromatic rings. The highest BCUT2D eigenvalue weighted by atomic mass is 32.2. The molecule has 4 rings (SSSR count). The van der Waals surface area contributed by atoms with Crippen molar-refractivity contribution in [1.82, 2.24) is 10.3 Å². The minimum absolute atomic E-state index is 0.0445. The molecule has 1 unspecified atom stereocenters. The molecule has 0 radical (unpaired) electrons. The minimum Gasteiger partial charge on any atom is -0.489 e. The average Bonchev–Trinajstić information content (AvgIpc) is 3.61. The van der Waals surface area contributed by atoms with Gasteiger partial charge in [0.25, 0.3) is 5.91 Å². The van der Waals surface area contributed by atoms with Gasteiger partial charge in [-0.15, -0.1) is 0 Å². The van der Waals surface area contributed by atoms with Gasteiger partial charge in [-0.3, -0.25) is 4.79 Å². The Morgan fingerprint density at radius 3 is 2.47 bits per heavy atom. The Balaban J connectivity index is 1.73. The standard InChI is InChI=1S/C27H27F4N3O8S/c1-13(40-27(32)36)23-22(24(35)33-19(12-43(2,37)38)17-7-6-16(28)10-18(17)29)34-25(42-23)15-5-8-20(41-26(30)31)21(9-15)39-11-14-3-4-14/h5-10,13-14,19,26H,3-4,11-12H2,1-2H3,(H2,32,36)(H,33,35)/t13-,19?/m0/s1. The summed E-state index contributed by atoms with van der Waals surface area (Å²) >= 11 is 0. The monoisotopic (exact) mass is 629 g/mol. The molecule has 16 heteroatoms. The Kier molecular flexibility index (Phi) is 9.47. The first-order valence-electron chi connectivity index (χ1n) is 12.8. The van der Waals surface area contributed by atoms with E-state index in [1.807, 2.05) is 0 Å². The lowest BCUT2D eigenvalue weighted by atomic mass is 10.1. The van der Waals surface area contributed by atoms with Crippen LogP contribution in [0.5, 0.6) is 11.5 Å². The number of aromatic nitrogens is 1. The fraction of sp³-hybridized carbons (Fsp3) is 0.370. The number of hydrogen-bond acceptors (Lipinski definition) is 9. The normalized spacial score (nSPS) is 14.7. The molecule has 43 heavy (non-hydrogen) atoms. The number of ether oxygens (including phenoxy) is 3. The average molecular weight is 630 g/mol. The van der Waals surface area contributed by atoms with Gasteiger partial charge in [0.1, 0.15) is 21.5 Å². The van der Waals surface area contributed by atoms with Crippen molar-refractivity contribution in [1.29, 1.82) is 0 Å². The van der Waals surface area contributed by atoms with Gasteiger partial charge >= 0.3 is 12.7 Å². The Bertz CT molecular complexity index is 1610. The van der Waals surface area contributed by atoms with Gasteiger partial charge in [0.2, 0.25) is 5.89 Å². The van der Waals surface area contributed by atoms with Crippen LogP contribution >= 0.6 is 0 Å². The number of hydrogen-bond donors (Lipinski definition) is 2. The first-order valence-corrected chi connectivity index (χ1v) is 14.9. The summed E-state index contributed by atoms with van der Waals surface area (Å²) in [6.45, 7) is -1.57. The number of carbonyl (C=O) groups excluding carboxylic acids is 2. The SMILES string of the molecule is C[C@H](OC(N)=O)c1oc(-c2ccc(OC(F)F)c(OCC3CC3)c2)nc1C(=O)NC(CS(C)(=O)=O)c1ccc(F)cc1F. The van der Waals surface area contributed by atoms with E-state index in [2.05, 4.69) is 15.0 Å². The van der Waals surface area contributed by atoms with E-state index in [1.165, 1.54) is 25.1 Å². The van der Waals surface area contributed by atoms with E-state index in [1.54, 1.807) is 0 Å². The van der Waals surface area contributed by atoms with Gasteiger partial charge in [0, 0.05) is 23.4 Å².